The second kappa shape index (κ2) is 6.81. The molecule has 0 aliphatic carbocycles. The van der Waals surface area contributed by atoms with Crippen molar-refractivity contribution in [2.75, 3.05) is 0 Å². The van der Waals surface area contributed by atoms with Crippen LogP contribution in [0.15, 0.2) is 54.7 Å². The molecule has 0 amide bonds. The Morgan fingerprint density at radius 3 is 2.21 bits per heavy atom. The molecular weight excluding hydrogens is 335 g/mol. The predicted molar refractivity (Wildman–Crippen MR) is 93.5 cm³/mol. The Hall–Kier alpha value is -2.07. The number of fused-ring (bicyclic) bond motifs is 1. The smallest absolute Gasteiger partial charge is 0.256 e. The van der Waals surface area contributed by atoms with Crippen LogP contribution in [-0.4, -0.2) is 4.98 Å². The van der Waals surface area contributed by atoms with Crippen LogP contribution in [0.4, 0.5) is 13.2 Å². The first kappa shape index (κ1) is 18.3. The fourth-order valence-corrected chi connectivity index (χ4v) is 2.61. The van der Waals surface area contributed by atoms with E-state index in [9.17, 15) is 13.2 Å². The average molecular weight is 352 g/mol. The summed E-state index contributed by atoms with van der Waals surface area (Å²) in [6, 6.07) is 13.2. The summed E-state index contributed by atoms with van der Waals surface area (Å²) in [5, 5.41) is 0.994. The molecule has 0 radical (unpaired) electrons. The van der Waals surface area contributed by atoms with Crippen LogP contribution in [-0.2, 0) is 6.18 Å². The Bertz CT molecular complexity index is 839. The molecule has 5 heteroatoms. The normalized spacial score (nSPS) is 11.6. The Labute approximate surface area is 144 Å². The van der Waals surface area contributed by atoms with E-state index in [0.717, 1.165) is 39.7 Å². The van der Waals surface area contributed by atoms with Crippen LogP contribution < -0.4 is 0 Å². The monoisotopic (exact) mass is 351 g/mol. The largest absolute Gasteiger partial charge is 0.416 e. The summed E-state index contributed by atoms with van der Waals surface area (Å²) in [5.41, 5.74) is 2.90. The number of benzene rings is 2. The number of hydrogen-bond acceptors (Lipinski definition) is 1. The summed E-state index contributed by atoms with van der Waals surface area (Å²) < 4.78 is 38.2. The van der Waals surface area contributed by atoms with Gasteiger partial charge < -0.3 is 0 Å². The van der Waals surface area contributed by atoms with Crippen molar-refractivity contribution in [3.63, 3.8) is 0 Å². The van der Waals surface area contributed by atoms with Crippen molar-refractivity contribution >= 4 is 23.3 Å². The molecule has 0 aliphatic rings. The van der Waals surface area contributed by atoms with Gasteiger partial charge in [-0.25, -0.2) is 0 Å². The summed E-state index contributed by atoms with van der Waals surface area (Å²) in [6.07, 6.45) is -2.62. The highest BCUT2D eigenvalue weighted by Crippen LogP contribution is 2.34. The van der Waals surface area contributed by atoms with E-state index in [1.54, 1.807) is 6.20 Å². The zero-order valence-electron chi connectivity index (χ0n) is 13.3. The zero-order valence-corrected chi connectivity index (χ0v) is 14.1. The van der Waals surface area contributed by atoms with E-state index < -0.39 is 11.7 Å². The summed E-state index contributed by atoms with van der Waals surface area (Å²) in [5.74, 6) is 0.327. The van der Waals surface area contributed by atoms with E-state index in [1.807, 2.05) is 18.2 Å². The number of nitrogens with zero attached hydrogens (tertiary/aromatic N) is 1. The van der Waals surface area contributed by atoms with Crippen LogP contribution >= 0.6 is 12.4 Å². The second-order valence-corrected chi connectivity index (χ2v) is 5.87. The van der Waals surface area contributed by atoms with Crippen LogP contribution in [0.2, 0.25) is 0 Å². The molecule has 24 heavy (non-hydrogen) atoms. The quantitative estimate of drug-likeness (QED) is 0.516. The van der Waals surface area contributed by atoms with Crippen molar-refractivity contribution in [3.05, 3.63) is 65.9 Å². The van der Waals surface area contributed by atoms with Gasteiger partial charge in [0.25, 0.3) is 0 Å². The maximum absolute atomic E-state index is 12.7. The van der Waals surface area contributed by atoms with Crippen molar-refractivity contribution in [1.29, 1.82) is 0 Å². The molecule has 2 aromatic carbocycles. The lowest BCUT2D eigenvalue weighted by atomic mass is 9.94. The van der Waals surface area contributed by atoms with Crippen molar-refractivity contribution < 1.29 is 13.2 Å². The van der Waals surface area contributed by atoms with Gasteiger partial charge in [0.1, 0.15) is 0 Å². The molecule has 0 atom stereocenters. The molecule has 1 aromatic heterocycles. The molecule has 3 aromatic rings. The van der Waals surface area contributed by atoms with Gasteiger partial charge in [-0.3, -0.25) is 4.98 Å². The summed E-state index contributed by atoms with van der Waals surface area (Å²) in [6.45, 7) is 4.18. The molecule has 0 saturated carbocycles. The van der Waals surface area contributed by atoms with Crippen LogP contribution in [0.1, 0.15) is 30.9 Å². The Morgan fingerprint density at radius 1 is 0.958 bits per heavy atom. The molecule has 0 saturated heterocycles. The molecule has 1 heterocycles. The summed E-state index contributed by atoms with van der Waals surface area (Å²) >= 11 is 0. The molecular formula is C19H17ClF3N. The Morgan fingerprint density at radius 2 is 1.62 bits per heavy atom. The first-order valence-electron chi connectivity index (χ1n) is 7.42. The topological polar surface area (TPSA) is 12.9 Å². The van der Waals surface area contributed by atoms with Crippen molar-refractivity contribution in [1.82, 2.24) is 4.98 Å². The summed E-state index contributed by atoms with van der Waals surface area (Å²) in [4.78, 5) is 4.41. The van der Waals surface area contributed by atoms with Gasteiger partial charge in [-0.1, -0.05) is 32.0 Å². The highest BCUT2D eigenvalue weighted by molar-refractivity contribution is 5.94. The van der Waals surface area contributed by atoms with Crippen LogP contribution in [0.3, 0.4) is 0 Å². The van der Waals surface area contributed by atoms with E-state index in [0.29, 0.717) is 5.92 Å². The maximum atomic E-state index is 12.7. The van der Waals surface area contributed by atoms with Gasteiger partial charge in [0, 0.05) is 17.1 Å². The van der Waals surface area contributed by atoms with E-state index in [2.05, 4.69) is 24.9 Å². The first-order chi connectivity index (χ1) is 10.9. The van der Waals surface area contributed by atoms with Crippen molar-refractivity contribution in [3.8, 4) is 11.1 Å². The molecule has 3 rings (SSSR count). The molecule has 1 nitrogen and oxygen atoms in total. The van der Waals surface area contributed by atoms with E-state index in [1.165, 1.54) is 12.1 Å². The molecule has 0 unspecified atom stereocenters. The van der Waals surface area contributed by atoms with E-state index in [4.69, 9.17) is 0 Å². The third kappa shape index (κ3) is 3.54. The molecule has 0 fully saturated rings. The Kier molecular flexibility index (Phi) is 5.19. The molecule has 126 valence electrons. The maximum Gasteiger partial charge on any atom is 0.416 e. The lowest BCUT2D eigenvalue weighted by Crippen LogP contribution is -2.04. The van der Waals surface area contributed by atoms with Gasteiger partial charge in [0.2, 0.25) is 0 Å². The highest BCUT2D eigenvalue weighted by Gasteiger charge is 2.30. The van der Waals surface area contributed by atoms with Gasteiger partial charge in [0.15, 0.2) is 0 Å². The fraction of sp³-hybridized carbons (Fsp3) is 0.211. The highest BCUT2D eigenvalue weighted by atomic mass is 35.5. The number of aromatic nitrogens is 1. The van der Waals surface area contributed by atoms with Crippen molar-refractivity contribution in [2.45, 2.75) is 25.9 Å². The predicted octanol–water partition coefficient (Wildman–Crippen LogP) is 6.47. The zero-order chi connectivity index (χ0) is 16.6. The van der Waals surface area contributed by atoms with Crippen molar-refractivity contribution in [2.24, 2.45) is 0 Å². The van der Waals surface area contributed by atoms with Gasteiger partial charge in [-0.15, -0.1) is 12.4 Å². The number of rotatable bonds is 2. The lowest BCUT2D eigenvalue weighted by molar-refractivity contribution is -0.137. The van der Waals surface area contributed by atoms with Gasteiger partial charge in [0.05, 0.1) is 11.1 Å². The van der Waals surface area contributed by atoms with E-state index in [-0.39, 0.29) is 12.4 Å². The summed E-state index contributed by atoms with van der Waals surface area (Å²) in [7, 11) is 0. The lowest BCUT2D eigenvalue weighted by Gasteiger charge is -2.13. The number of halogens is 4. The third-order valence-corrected chi connectivity index (χ3v) is 3.92. The SMILES string of the molecule is CC(C)c1cc(-c2ccc(C(F)(F)F)cc2)c2ncccc2c1.Cl. The van der Waals surface area contributed by atoms with Crippen LogP contribution in [0, 0.1) is 0 Å². The number of alkyl halides is 3. The molecule has 0 aliphatic heterocycles. The van der Waals surface area contributed by atoms with Crippen LogP contribution in [0.25, 0.3) is 22.0 Å². The minimum atomic E-state index is -4.32. The standard InChI is InChI=1S/C19H16F3N.ClH/c1-12(2)15-10-14-4-3-9-23-18(14)17(11-15)13-5-7-16(8-6-13)19(20,21)22;/h3-12H,1-2H3;1H. The Balaban J connectivity index is 0.00000208. The molecule has 0 bridgehead atoms. The van der Waals surface area contributed by atoms with Gasteiger partial charge >= 0.3 is 6.18 Å². The molecule has 0 N–H and O–H groups in total. The molecule has 0 spiro atoms. The average Bonchev–Trinajstić information content (AvgIpc) is 2.53. The van der Waals surface area contributed by atoms with Gasteiger partial charge in [-0.2, -0.15) is 13.2 Å². The number of pyridine rings is 1. The third-order valence-electron chi connectivity index (χ3n) is 3.92. The van der Waals surface area contributed by atoms with E-state index >= 15 is 0 Å². The minimum absolute atomic E-state index is 0. The van der Waals surface area contributed by atoms with Gasteiger partial charge in [-0.05, 0) is 47.4 Å². The minimum Gasteiger partial charge on any atom is -0.256 e. The van der Waals surface area contributed by atoms with Crippen LogP contribution in [0.5, 0.6) is 0 Å². The second-order valence-electron chi connectivity index (χ2n) is 5.87. The first-order valence-corrected chi connectivity index (χ1v) is 7.42. The fourth-order valence-electron chi connectivity index (χ4n) is 2.61. The number of hydrogen-bond donors (Lipinski definition) is 0.